The fourth-order valence-electron chi connectivity index (χ4n) is 2.41. The van der Waals surface area contributed by atoms with Gasteiger partial charge in [-0.2, -0.15) is 0 Å². The van der Waals surface area contributed by atoms with E-state index in [1.807, 2.05) is 18.5 Å². The Bertz CT molecular complexity index is 516. The molecule has 0 amide bonds. The summed E-state index contributed by atoms with van der Waals surface area (Å²) >= 11 is 0. The van der Waals surface area contributed by atoms with Crippen LogP contribution in [0.3, 0.4) is 0 Å². The maximum Gasteiger partial charge on any atom is 0.177 e. The second-order valence-electron chi connectivity index (χ2n) is 4.46. The second kappa shape index (κ2) is 4.43. The first-order valence-electron chi connectivity index (χ1n) is 6.02. The van der Waals surface area contributed by atoms with Crippen LogP contribution in [0.15, 0.2) is 18.5 Å². The molecule has 5 heteroatoms. The molecule has 0 aliphatic carbocycles. The SMILES string of the molecule is OCc1ccc2c(ncn2C2CCCNC2)n1. The molecular weight excluding hydrogens is 216 g/mol. The summed E-state index contributed by atoms with van der Waals surface area (Å²) in [4.78, 5) is 8.62. The summed E-state index contributed by atoms with van der Waals surface area (Å²) in [5.74, 6) is 0. The molecule has 17 heavy (non-hydrogen) atoms. The lowest BCUT2D eigenvalue weighted by atomic mass is 10.1. The average Bonchev–Trinajstić information content (AvgIpc) is 2.82. The number of aliphatic hydroxyl groups is 1. The fourth-order valence-corrected chi connectivity index (χ4v) is 2.41. The summed E-state index contributed by atoms with van der Waals surface area (Å²) in [6, 6.07) is 4.32. The van der Waals surface area contributed by atoms with Crippen LogP contribution in [-0.4, -0.2) is 32.7 Å². The minimum atomic E-state index is -0.0339. The number of hydrogen-bond donors (Lipinski definition) is 2. The van der Waals surface area contributed by atoms with E-state index in [2.05, 4.69) is 19.9 Å². The van der Waals surface area contributed by atoms with Crippen LogP contribution in [0.2, 0.25) is 0 Å². The molecule has 0 saturated carbocycles. The molecule has 2 aromatic rings. The summed E-state index contributed by atoms with van der Waals surface area (Å²) in [6.45, 7) is 2.07. The lowest BCUT2D eigenvalue weighted by Gasteiger charge is -2.24. The second-order valence-corrected chi connectivity index (χ2v) is 4.46. The van der Waals surface area contributed by atoms with E-state index in [1.165, 1.54) is 12.8 Å². The Morgan fingerprint density at radius 2 is 2.41 bits per heavy atom. The molecule has 3 heterocycles. The van der Waals surface area contributed by atoms with Crippen LogP contribution in [0, 0.1) is 0 Å². The number of rotatable bonds is 2. The third-order valence-corrected chi connectivity index (χ3v) is 3.32. The molecule has 2 aromatic heterocycles. The number of pyridine rings is 1. The van der Waals surface area contributed by atoms with E-state index in [0.29, 0.717) is 11.7 Å². The van der Waals surface area contributed by atoms with Gasteiger partial charge in [0.25, 0.3) is 0 Å². The van der Waals surface area contributed by atoms with Crippen LogP contribution in [-0.2, 0) is 6.61 Å². The molecule has 0 radical (unpaired) electrons. The van der Waals surface area contributed by atoms with E-state index in [-0.39, 0.29) is 6.61 Å². The predicted molar refractivity (Wildman–Crippen MR) is 64.6 cm³/mol. The lowest BCUT2D eigenvalue weighted by molar-refractivity contribution is 0.277. The van der Waals surface area contributed by atoms with Gasteiger partial charge in [-0.3, -0.25) is 0 Å². The monoisotopic (exact) mass is 232 g/mol. The van der Waals surface area contributed by atoms with Crippen molar-refractivity contribution in [3.05, 3.63) is 24.2 Å². The zero-order valence-corrected chi connectivity index (χ0v) is 9.63. The van der Waals surface area contributed by atoms with Crippen LogP contribution in [0.25, 0.3) is 11.2 Å². The van der Waals surface area contributed by atoms with Gasteiger partial charge in [-0.15, -0.1) is 0 Å². The zero-order chi connectivity index (χ0) is 11.7. The quantitative estimate of drug-likeness (QED) is 0.805. The van der Waals surface area contributed by atoms with Gasteiger partial charge < -0.3 is 15.0 Å². The van der Waals surface area contributed by atoms with Gasteiger partial charge in [0.2, 0.25) is 0 Å². The topological polar surface area (TPSA) is 63.0 Å². The largest absolute Gasteiger partial charge is 0.390 e. The Labute approximate surface area is 99.5 Å². The molecule has 3 rings (SSSR count). The molecule has 1 atom stereocenters. The molecule has 0 bridgehead atoms. The smallest absolute Gasteiger partial charge is 0.177 e. The number of nitrogens with zero attached hydrogens (tertiary/aromatic N) is 3. The van der Waals surface area contributed by atoms with Gasteiger partial charge in [-0.05, 0) is 31.5 Å². The number of imidazole rings is 1. The maximum atomic E-state index is 9.05. The Balaban J connectivity index is 1.99. The summed E-state index contributed by atoms with van der Waals surface area (Å²) < 4.78 is 2.19. The van der Waals surface area contributed by atoms with Gasteiger partial charge in [-0.25, -0.2) is 9.97 Å². The third-order valence-electron chi connectivity index (χ3n) is 3.32. The van der Waals surface area contributed by atoms with E-state index < -0.39 is 0 Å². The lowest BCUT2D eigenvalue weighted by Crippen LogP contribution is -2.31. The summed E-state index contributed by atoms with van der Waals surface area (Å²) in [7, 11) is 0. The highest BCUT2D eigenvalue weighted by atomic mass is 16.3. The van der Waals surface area contributed by atoms with Crippen LogP contribution in [0.1, 0.15) is 24.6 Å². The molecule has 1 saturated heterocycles. The van der Waals surface area contributed by atoms with Gasteiger partial charge >= 0.3 is 0 Å². The molecule has 1 aliphatic rings. The minimum absolute atomic E-state index is 0.0339. The maximum absolute atomic E-state index is 9.05. The fraction of sp³-hybridized carbons (Fsp3) is 0.500. The van der Waals surface area contributed by atoms with Gasteiger partial charge in [0, 0.05) is 12.6 Å². The van der Waals surface area contributed by atoms with E-state index in [4.69, 9.17) is 5.11 Å². The Hall–Kier alpha value is -1.46. The van der Waals surface area contributed by atoms with Crippen molar-refractivity contribution < 1.29 is 5.11 Å². The van der Waals surface area contributed by atoms with Crippen molar-refractivity contribution in [1.82, 2.24) is 19.9 Å². The van der Waals surface area contributed by atoms with Gasteiger partial charge in [0.15, 0.2) is 5.65 Å². The molecule has 5 nitrogen and oxygen atoms in total. The van der Waals surface area contributed by atoms with Crippen molar-refractivity contribution in [1.29, 1.82) is 0 Å². The van der Waals surface area contributed by atoms with Crippen molar-refractivity contribution in [2.75, 3.05) is 13.1 Å². The molecule has 0 spiro atoms. The number of piperidine rings is 1. The molecule has 2 N–H and O–H groups in total. The molecule has 90 valence electrons. The van der Waals surface area contributed by atoms with Crippen LogP contribution in [0.4, 0.5) is 0 Å². The predicted octanol–water partition coefficient (Wildman–Crippen LogP) is 0.848. The highest BCUT2D eigenvalue weighted by Gasteiger charge is 2.17. The normalized spacial score (nSPS) is 20.9. The van der Waals surface area contributed by atoms with Crippen LogP contribution >= 0.6 is 0 Å². The number of aromatic nitrogens is 3. The number of aliphatic hydroxyl groups excluding tert-OH is 1. The minimum Gasteiger partial charge on any atom is -0.390 e. The number of hydrogen-bond acceptors (Lipinski definition) is 4. The van der Waals surface area contributed by atoms with Gasteiger partial charge in [0.1, 0.15) is 0 Å². The molecule has 1 fully saturated rings. The first kappa shape index (κ1) is 10.7. The standard InChI is InChI=1S/C12H16N4O/c17-7-9-3-4-11-12(15-9)14-8-16(11)10-2-1-5-13-6-10/h3-4,8,10,13,17H,1-2,5-7H2. The van der Waals surface area contributed by atoms with Crippen molar-refractivity contribution in [3.8, 4) is 0 Å². The van der Waals surface area contributed by atoms with Crippen molar-refractivity contribution in [2.24, 2.45) is 0 Å². The van der Waals surface area contributed by atoms with Gasteiger partial charge in [-0.1, -0.05) is 0 Å². The van der Waals surface area contributed by atoms with E-state index in [1.54, 1.807) is 0 Å². The highest BCUT2D eigenvalue weighted by Crippen LogP contribution is 2.21. The summed E-state index contributed by atoms with van der Waals surface area (Å²) in [6.07, 6.45) is 4.24. The molecule has 1 unspecified atom stereocenters. The van der Waals surface area contributed by atoms with Crippen molar-refractivity contribution in [2.45, 2.75) is 25.5 Å². The Kier molecular flexibility index (Phi) is 2.78. The van der Waals surface area contributed by atoms with Crippen molar-refractivity contribution in [3.63, 3.8) is 0 Å². The highest BCUT2D eigenvalue weighted by molar-refractivity contribution is 5.71. The van der Waals surface area contributed by atoms with E-state index >= 15 is 0 Å². The zero-order valence-electron chi connectivity index (χ0n) is 9.63. The Morgan fingerprint density at radius 3 is 3.18 bits per heavy atom. The first-order chi connectivity index (χ1) is 8.38. The third kappa shape index (κ3) is 1.92. The Morgan fingerprint density at radius 1 is 1.47 bits per heavy atom. The molecule has 0 aromatic carbocycles. The van der Waals surface area contributed by atoms with E-state index in [9.17, 15) is 0 Å². The first-order valence-corrected chi connectivity index (χ1v) is 6.02. The van der Waals surface area contributed by atoms with Gasteiger partial charge in [0.05, 0.1) is 24.1 Å². The number of fused-ring (bicyclic) bond motifs is 1. The van der Waals surface area contributed by atoms with E-state index in [0.717, 1.165) is 24.3 Å². The van der Waals surface area contributed by atoms with Crippen LogP contribution in [0.5, 0.6) is 0 Å². The van der Waals surface area contributed by atoms with Crippen molar-refractivity contribution >= 4 is 11.2 Å². The average molecular weight is 232 g/mol. The molecule has 1 aliphatic heterocycles. The summed E-state index contributed by atoms with van der Waals surface area (Å²) in [5.41, 5.74) is 2.45. The number of nitrogens with one attached hydrogen (secondary N) is 1. The van der Waals surface area contributed by atoms with Crippen LogP contribution < -0.4 is 5.32 Å². The summed E-state index contributed by atoms with van der Waals surface area (Å²) in [5, 5.41) is 12.4. The molecular formula is C12H16N4O.